The lowest BCUT2D eigenvalue weighted by Crippen LogP contribution is -2.46. The lowest BCUT2D eigenvalue weighted by molar-refractivity contribution is -0.124. The molecule has 0 spiro atoms. The molecular weight excluding hydrogens is 590 g/mol. The van der Waals surface area contributed by atoms with E-state index in [1.807, 2.05) is 48.7 Å². The van der Waals surface area contributed by atoms with Crippen LogP contribution in [0.25, 0.3) is 0 Å². The second-order valence-corrected chi connectivity index (χ2v) is 12.2. The molecular formula is C38H43N5O4. The van der Waals surface area contributed by atoms with E-state index in [-0.39, 0.29) is 18.2 Å². The number of benzene rings is 2. The SMILES string of the molecule is COCCOc1ccc(CNC(=O)C(c2ccc(C(C)C)cc2)(c2ccc(C(C)C)cc2)c2ccn(Cc3ccc(O)cn3)n2)nc1. The second-order valence-electron chi connectivity index (χ2n) is 12.2. The first-order chi connectivity index (χ1) is 22.7. The van der Waals surface area contributed by atoms with Crippen molar-refractivity contribution in [2.45, 2.75) is 58.0 Å². The molecule has 0 radical (unpaired) electrons. The van der Waals surface area contributed by atoms with E-state index in [1.165, 1.54) is 17.3 Å². The van der Waals surface area contributed by atoms with Gasteiger partial charge in [0.05, 0.1) is 49.2 Å². The maximum Gasteiger partial charge on any atom is 0.241 e. The maximum atomic E-state index is 14.9. The van der Waals surface area contributed by atoms with Crippen LogP contribution in [0.3, 0.4) is 0 Å². The van der Waals surface area contributed by atoms with Crippen LogP contribution in [0.4, 0.5) is 0 Å². The molecule has 47 heavy (non-hydrogen) atoms. The van der Waals surface area contributed by atoms with Crippen LogP contribution in [0.5, 0.6) is 11.5 Å². The van der Waals surface area contributed by atoms with Crippen molar-refractivity contribution in [1.29, 1.82) is 0 Å². The molecule has 5 rings (SSSR count). The van der Waals surface area contributed by atoms with Crippen LogP contribution in [-0.2, 0) is 28.0 Å². The molecule has 2 N–H and O–H groups in total. The number of hydrogen-bond acceptors (Lipinski definition) is 7. The van der Waals surface area contributed by atoms with Gasteiger partial charge in [0.2, 0.25) is 5.91 Å². The fourth-order valence-electron chi connectivity index (χ4n) is 5.55. The van der Waals surface area contributed by atoms with Gasteiger partial charge in [0.1, 0.15) is 23.5 Å². The van der Waals surface area contributed by atoms with Gasteiger partial charge in [-0.15, -0.1) is 0 Å². The largest absolute Gasteiger partial charge is 0.506 e. The lowest BCUT2D eigenvalue weighted by Gasteiger charge is -2.33. The molecule has 0 aliphatic rings. The van der Waals surface area contributed by atoms with Gasteiger partial charge in [-0.2, -0.15) is 5.10 Å². The Hall–Kier alpha value is -5.02. The van der Waals surface area contributed by atoms with Crippen LogP contribution >= 0.6 is 0 Å². The summed E-state index contributed by atoms with van der Waals surface area (Å²) < 4.78 is 12.5. The van der Waals surface area contributed by atoms with E-state index < -0.39 is 5.41 Å². The average Bonchev–Trinajstić information content (AvgIpc) is 3.54. The van der Waals surface area contributed by atoms with Crippen molar-refractivity contribution < 1.29 is 19.4 Å². The summed E-state index contributed by atoms with van der Waals surface area (Å²) >= 11 is 0. The van der Waals surface area contributed by atoms with Crippen molar-refractivity contribution in [1.82, 2.24) is 25.1 Å². The van der Waals surface area contributed by atoms with E-state index in [2.05, 4.69) is 67.2 Å². The number of nitrogens with zero attached hydrogens (tertiary/aromatic N) is 4. The van der Waals surface area contributed by atoms with Gasteiger partial charge >= 0.3 is 0 Å². The monoisotopic (exact) mass is 633 g/mol. The Kier molecular flexibility index (Phi) is 10.7. The number of nitrogens with one attached hydrogen (secondary N) is 1. The van der Waals surface area contributed by atoms with Gasteiger partial charge in [-0.3, -0.25) is 19.4 Å². The maximum absolute atomic E-state index is 14.9. The summed E-state index contributed by atoms with van der Waals surface area (Å²) in [6, 6.07) is 25.4. The number of methoxy groups -OCH3 is 1. The Morgan fingerprint density at radius 2 is 1.43 bits per heavy atom. The van der Waals surface area contributed by atoms with Gasteiger partial charge in [0.15, 0.2) is 0 Å². The van der Waals surface area contributed by atoms with E-state index >= 15 is 0 Å². The quantitative estimate of drug-likeness (QED) is 0.137. The lowest BCUT2D eigenvalue weighted by atomic mass is 9.70. The predicted molar refractivity (Wildman–Crippen MR) is 182 cm³/mol. The highest BCUT2D eigenvalue weighted by molar-refractivity contribution is 5.95. The molecule has 0 aliphatic carbocycles. The third-order valence-corrected chi connectivity index (χ3v) is 8.30. The molecule has 0 fully saturated rings. The summed E-state index contributed by atoms with van der Waals surface area (Å²) in [5, 5.41) is 17.9. The van der Waals surface area contributed by atoms with Crippen LogP contribution in [0.1, 0.15) is 78.9 Å². The number of carbonyl (C=O) groups excluding carboxylic acids is 1. The van der Waals surface area contributed by atoms with Crippen LogP contribution < -0.4 is 10.1 Å². The molecule has 3 aromatic heterocycles. The van der Waals surface area contributed by atoms with Crippen molar-refractivity contribution >= 4 is 5.91 Å². The zero-order valence-corrected chi connectivity index (χ0v) is 27.7. The van der Waals surface area contributed by atoms with Gasteiger partial charge in [-0.25, -0.2) is 0 Å². The number of carbonyl (C=O) groups is 1. The Bertz CT molecular complexity index is 1680. The Balaban J connectivity index is 1.57. The third-order valence-electron chi connectivity index (χ3n) is 8.30. The molecule has 1 amide bonds. The second kappa shape index (κ2) is 15.0. The van der Waals surface area contributed by atoms with Crippen molar-refractivity contribution in [3.8, 4) is 11.5 Å². The number of aromatic nitrogens is 4. The summed E-state index contributed by atoms with van der Waals surface area (Å²) in [7, 11) is 1.63. The van der Waals surface area contributed by atoms with Crippen molar-refractivity contribution in [2.75, 3.05) is 20.3 Å². The van der Waals surface area contributed by atoms with Crippen LogP contribution in [-0.4, -0.2) is 51.1 Å². The molecule has 0 unspecified atom stereocenters. The topological polar surface area (TPSA) is 111 Å². The van der Waals surface area contributed by atoms with E-state index in [4.69, 9.17) is 14.6 Å². The summed E-state index contributed by atoms with van der Waals surface area (Å²) in [6.45, 7) is 10.1. The molecule has 5 aromatic rings. The standard InChI is InChI=1S/C38H43N5O4/c1-26(2)28-6-10-30(11-7-28)38(31-12-8-29(9-13-31)27(3)4,36-18-19-43(42-36)25-33-14-16-34(44)23-39-33)37(45)41-22-32-15-17-35(24-40-32)47-21-20-46-5/h6-19,23-24,26-27,44H,20-22,25H2,1-5H3,(H,41,45). The first-order valence-electron chi connectivity index (χ1n) is 15.9. The van der Waals surface area contributed by atoms with E-state index in [0.29, 0.717) is 48.7 Å². The number of amides is 1. The molecule has 0 atom stereocenters. The minimum absolute atomic E-state index is 0.100. The third kappa shape index (κ3) is 7.69. The molecule has 0 bridgehead atoms. The van der Waals surface area contributed by atoms with Crippen LogP contribution in [0.2, 0.25) is 0 Å². The van der Waals surface area contributed by atoms with Crippen molar-refractivity contribution in [2.24, 2.45) is 0 Å². The van der Waals surface area contributed by atoms with Crippen LogP contribution in [0.15, 0.2) is 97.5 Å². The van der Waals surface area contributed by atoms with Crippen LogP contribution in [0, 0.1) is 0 Å². The zero-order chi connectivity index (χ0) is 33.4. The van der Waals surface area contributed by atoms with Crippen molar-refractivity contribution in [3.63, 3.8) is 0 Å². The normalized spacial score (nSPS) is 11.6. The fraction of sp³-hybridized carbons (Fsp3) is 0.316. The summed E-state index contributed by atoms with van der Waals surface area (Å²) in [4.78, 5) is 23.7. The molecule has 0 saturated heterocycles. The Morgan fingerprint density at radius 1 is 0.809 bits per heavy atom. The molecule has 0 saturated carbocycles. The highest BCUT2D eigenvalue weighted by atomic mass is 16.5. The first kappa shape index (κ1) is 33.3. The average molecular weight is 634 g/mol. The van der Waals surface area contributed by atoms with Gasteiger partial charge in [-0.1, -0.05) is 76.2 Å². The van der Waals surface area contributed by atoms with Crippen molar-refractivity contribution in [3.05, 3.63) is 137 Å². The summed E-state index contributed by atoms with van der Waals surface area (Å²) in [5.74, 6) is 1.19. The number of hydrogen-bond donors (Lipinski definition) is 2. The van der Waals surface area contributed by atoms with E-state index in [9.17, 15) is 9.90 Å². The summed E-state index contributed by atoms with van der Waals surface area (Å²) in [6.07, 6.45) is 4.93. The Morgan fingerprint density at radius 3 is 1.96 bits per heavy atom. The number of ether oxygens (including phenoxy) is 2. The van der Waals surface area contributed by atoms with E-state index in [0.717, 1.165) is 16.8 Å². The molecule has 2 aromatic carbocycles. The van der Waals surface area contributed by atoms with Gasteiger partial charge in [-0.05, 0) is 64.4 Å². The number of pyridine rings is 2. The molecule has 244 valence electrons. The minimum atomic E-state index is -1.28. The first-order valence-corrected chi connectivity index (χ1v) is 15.9. The highest BCUT2D eigenvalue weighted by Crippen LogP contribution is 2.40. The van der Waals surface area contributed by atoms with Gasteiger partial charge < -0.3 is 19.9 Å². The summed E-state index contributed by atoms with van der Waals surface area (Å²) in [5.41, 5.74) is 4.70. The predicted octanol–water partition coefficient (Wildman–Crippen LogP) is 6.35. The zero-order valence-electron chi connectivity index (χ0n) is 27.7. The fourth-order valence-corrected chi connectivity index (χ4v) is 5.55. The highest BCUT2D eigenvalue weighted by Gasteiger charge is 2.46. The van der Waals surface area contributed by atoms with Gasteiger partial charge in [0, 0.05) is 13.3 Å². The van der Waals surface area contributed by atoms with E-state index in [1.54, 1.807) is 30.1 Å². The number of rotatable bonds is 14. The number of aromatic hydroxyl groups is 1. The Labute approximate surface area is 276 Å². The molecule has 0 aliphatic heterocycles. The molecule has 9 heteroatoms. The minimum Gasteiger partial charge on any atom is -0.506 e. The smallest absolute Gasteiger partial charge is 0.241 e. The van der Waals surface area contributed by atoms with Gasteiger partial charge in [0.25, 0.3) is 0 Å². The molecule has 3 heterocycles. The molecule has 9 nitrogen and oxygen atoms in total.